The van der Waals surface area contributed by atoms with E-state index in [9.17, 15) is 9.59 Å². The first-order valence-corrected chi connectivity index (χ1v) is 8.65. The topological polar surface area (TPSA) is 75.6 Å². The van der Waals surface area contributed by atoms with Crippen LogP contribution in [0, 0.1) is 0 Å². The molecule has 132 valence electrons. The Morgan fingerprint density at radius 2 is 2.04 bits per heavy atom. The second-order valence-electron chi connectivity index (χ2n) is 7.03. The van der Waals surface area contributed by atoms with Crippen LogP contribution in [0.15, 0.2) is 18.2 Å². The lowest BCUT2D eigenvalue weighted by molar-refractivity contribution is -0.137. The van der Waals surface area contributed by atoms with Gasteiger partial charge in [0, 0.05) is 13.0 Å². The second-order valence-corrected chi connectivity index (χ2v) is 7.03. The first kappa shape index (κ1) is 18.3. The third-order valence-electron chi connectivity index (χ3n) is 4.26. The number of aryl methyl sites for hydroxylation is 1. The minimum absolute atomic E-state index is 0.00485. The Kier molecular flexibility index (Phi) is 6.23. The number of benzene rings is 1. The minimum Gasteiger partial charge on any atom is -0.488 e. The molecular formula is C19H27NO4. The standard InChI is InChI=1S/C19H27NO4/c1-19(2)10-9-15-12-14(7-8-16(15)24-19)13-17(21)20-11-5-3-4-6-18(22)23/h7-8,12H,3-6,9-11,13H2,1-2H3,(H,20,21)(H,22,23). The maximum Gasteiger partial charge on any atom is 0.303 e. The summed E-state index contributed by atoms with van der Waals surface area (Å²) in [5, 5.41) is 11.5. The molecule has 0 atom stereocenters. The first-order valence-electron chi connectivity index (χ1n) is 8.65. The molecule has 0 aliphatic carbocycles. The summed E-state index contributed by atoms with van der Waals surface area (Å²) in [6.07, 6.45) is 4.80. The summed E-state index contributed by atoms with van der Waals surface area (Å²) in [6, 6.07) is 5.98. The van der Waals surface area contributed by atoms with E-state index in [0.717, 1.165) is 37.0 Å². The summed E-state index contributed by atoms with van der Waals surface area (Å²) < 4.78 is 5.96. The number of amides is 1. The predicted molar refractivity (Wildman–Crippen MR) is 92.3 cm³/mol. The zero-order valence-electron chi connectivity index (χ0n) is 14.6. The zero-order chi connectivity index (χ0) is 17.6. The molecular weight excluding hydrogens is 306 g/mol. The summed E-state index contributed by atoms with van der Waals surface area (Å²) >= 11 is 0. The van der Waals surface area contributed by atoms with Crippen LogP contribution in [0.4, 0.5) is 0 Å². The van der Waals surface area contributed by atoms with Gasteiger partial charge in [-0.15, -0.1) is 0 Å². The van der Waals surface area contributed by atoms with E-state index >= 15 is 0 Å². The van der Waals surface area contributed by atoms with Crippen molar-refractivity contribution in [2.45, 2.75) is 64.4 Å². The lowest BCUT2D eigenvalue weighted by Crippen LogP contribution is -2.32. The number of nitrogens with one attached hydrogen (secondary N) is 1. The van der Waals surface area contributed by atoms with Crippen molar-refractivity contribution in [3.63, 3.8) is 0 Å². The van der Waals surface area contributed by atoms with E-state index in [-0.39, 0.29) is 17.9 Å². The van der Waals surface area contributed by atoms with Gasteiger partial charge in [-0.2, -0.15) is 0 Å². The average Bonchev–Trinajstić information content (AvgIpc) is 2.50. The molecule has 0 radical (unpaired) electrons. The third-order valence-corrected chi connectivity index (χ3v) is 4.26. The fourth-order valence-corrected chi connectivity index (χ4v) is 2.88. The van der Waals surface area contributed by atoms with Gasteiger partial charge in [0.2, 0.25) is 5.91 Å². The van der Waals surface area contributed by atoms with E-state index in [1.807, 2.05) is 12.1 Å². The van der Waals surface area contributed by atoms with Crippen molar-refractivity contribution in [3.05, 3.63) is 29.3 Å². The van der Waals surface area contributed by atoms with Crippen molar-refractivity contribution in [1.29, 1.82) is 0 Å². The van der Waals surface area contributed by atoms with Crippen molar-refractivity contribution in [3.8, 4) is 5.75 Å². The van der Waals surface area contributed by atoms with E-state index in [1.165, 1.54) is 5.56 Å². The van der Waals surface area contributed by atoms with Gasteiger partial charge in [-0.05, 0) is 56.7 Å². The molecule has 0 aromatic heterocycles. The number of ether oxygens (including phenoxy) is 1. The van der Waals surface area contributed by atoms with Gasteiger partial charge in [0.25, 0.3) is 0 Å². The number of hydrogen-bond donors (Lipinski definition) is 2. The number of carbonyl (C=O) groups excluding carboxylic acids is 1. The molecule has 1 aliphatic heterocycles. The highest BCUT2D eigenvalue weighted by Crippen LogP contribution is 2.33. The average molecular weight is 333 g/mol. The van der Waals surface area contributed by atoms with Gasteiger partial charge in [0.15, 0.2) is 0 Å². The minimum atomic E-state index is -0.765. The van der Waals surface area contributed by atoms with E-state index in [4.69, 9.17) is 9.84 Å². The van der Waals surface area contributed by atoms with E-state index in [2.05, 4.69) is 25.2 Å². The summed E-state index contributed by atoms with van der Waals surface area (Å²) in [6.45, 7) is 4.78. The van der Waals surface area contributed by atoms with Crippen LogP contribution < -0.4 is 10.1 Å². The molecule has 5 heteroatoms. The highest BCUT2D eigenvalue weighted by Gasteiger charge is 2.26. The summed E-state index contributed by atoms with van der Waals surface area (Å²) in [5.41, 5.74) is 2.06. The van der Waals surface area contributed by atoms with Crippen LogP contribution in [-0.4, -0.2) is 29.1 Å². The summed E-state index contributed by atoms with van der Waals surface area (Å²) in [5.74, 6) is 0.165. The number of rotatable bonds is 8. The molecule has 0 saturated carbocycles. The van der Waals surface area contributed by atoms with Crippen LogP contribution in [0.2, 0.25) is 0 Å². The summed E-state index contributed by atoms with van der Waals surface area (Å²) in [4.78, 5) is 22.4. The Bertz CT molecular complexity index is 595. The third kappa shape index (κ3) is 5.87. The fourth-order valence-electron chi connectivity index (χ4n) is 2.88. The van der Waals surface area contributed by atoms with Crippen LogP contribution in [0.5, 0.6) is 5.75 Å². The molecule has 2 rings (SSSR count). The molecule has 5 nitrogen and oxygen atoms in total. The molecule has 1 amide bonds. The van der Waals surface area contributed by atoms with E-state index in [0.29, 0.717) is 19.4 Å². The number of carboxylic acids is 1. The van der Waals surface area contributed by atoms with Crippen molar-refractivity contribution in [2.24, 2.45) is 0 Å². The van der Waals surface area contributed by atoms with Gasteiger partial charge in [-0.3, -0.25) is 9.59 Å². The monoisotopic (exact) mass is 333 g/mol. The number of unbranched alkanes of at least 4 members (excludes halogenated alkanes) is 2. The highest BCUT2D eigenvalue weighted by molar-refractivity contribution is 5.78. The van der Waals surface area contributed by atoms with Gasteiger partial charge < -0.3 is 15.2 Å². The Balaban J connectivity index is 1.74. The normalized spacial score (nSPS) is 15.2. The number of carbonyl (C=O) groups is 2. The zero-order valence-corrected chi connectivity index (χ0v) is 14.6. The number of carboxylic acid groups (broad SMARTS) is 1. The van der Waals surface area contributed by atoms with Crippen molar-refractivity contribution >= 4 is 11.9 Å². The lowest BCUT2D eigenvalue weighted by atomic mass is 9.93. The van der Waals surface area contributed by atoms with Gasteiger partial charge in [0.1, 0.15) is 11.4 Å². The Labute approximate surface area is 143 Å². The molecule has 2 N–H and O–H groups in total. The molecule has 0 fully saturated rings. The predicted octanol–water partition coefficient (Wildman–Crippen LogP) is 3.09. The van der Waals surface area contributed by atoms with Crippen LogP contribution >= 0.6 is 0 Å². The maximum absolute atomic E-state index is 12.0. The van der Waals surface area contributed by atoms with Crippen molar-refractivity contribution in [2.75, 3.05) is 6.54 Å². The highest BCUT2D eigenvalue weighted by atomic mass is 16.5. The Hall–Kier alpha value is -2.04. The first-order chi connectivity index (χ1) is 11.4. The largest absolute Gasteiger partial charge is 0.488 e. The smallest absolute Gasteiger partial charge is 0.303 e. The van der Waals surface area contributed by atoms with Crippen LogP contribution in [0.3, 0.4) is 0 Å². The van der Waals surface area contributed by atoms with Gasteiger partial charge >= 0.3 is 5.97 Å². The molecule has 0 spiro atoms. The van der Waals surface area contributed by atoms with Gasteiger partial charge in [0.05, 0.1) is 6.42 Å². The van der Waals surface area contributed by atoms with Gasteiger partial charge in [-0.25, -0.2) is 0 Å². The quantitative estimate of drug-likeness (QED) is 0.717. The molecule has 0 unspecified atom stereocenters. The van der Waals surface area contributed by atoms with Crippen molar-refractivity contribution < 1.29 is 19.4 Å². The van der Waals surface area contributed by atoms with Crippen LogP contribution in [-0.2, 0) is 22.4 Å². The molecule has 1 aliphatic rings. The maximum atomic E-state index is 12.0. The number of aliphatic carboxylic acids is 1. The second kappa shape index (κ2) is 8.18. The number of fused-ring (bicyclic) bond motifs is 1. The molecule has 0 saturated heterocycles. The fraction of sp³-hybridized carbons (Fsp3) is 0.579. The molecule has 1 aromatic carbocycles. The van der Waals surface area contributed by atoms with E-state index < -0.39 is 5.97 Å². The number of hydrogen-bond acceptors (Lipinski definition) is 3. The molecule has 1 heterocycles. The summed E-state index contributed by atoms with van der Waals surface area (Å²) in [7, 11) is 0. The molecule has 0 bridgehead atoms. The Morgan fingerprint density at radius 3 is 2.79 bits per heavy atom. The lowest BCUT2D eigenvalue weighted by Gasteiger charge is -2.32. The van der Waals surface area contributed by atoms with E-state index in [1.54, 1.807) is 0 Å². The molecule has 24 heavy (non-hydrogen) atoms. The SMILES string of the molecule is CC1(C)CCc2cc(CC(=O)NCCCCCC(=O)O)ccc2O1. The van der Waals surface area contributed by atoms with Crippen LogP contribution in [0.1, 0.15) is 57.1 Å². The van der Waals surface area contributed by atoms with Crippen LogP contribution in [0.25, 0.3) is 0 Å². The molecule has 1 aromatic rings. The Morgan fingerprint density at radius 1 is 1.25 bits per heavy atom. The van der Waals surface area contributed by atoms with Crippen molar-refractivity contribution in [1.82, 2.24) is 5.32 Å². The van der Waals surface area contributed by atoms with Gasteiger partial charge in [-0.1, -0.05) is 18.6 Å².